The summed E-state index contributed by atoms with van der Waals surface area (Å²) in [5.41, 5.74) is -0.529. The summed E-state index contributed by atoms with van der Waals surface area (Å²) in [6.45, 7) is 7.78. The minimum absolute atomic E-state index is 0.529. The van der Waals surface area contributed by atoms with Crippen molar-refractivity contribution in [2.24, 2.45) is 5.41 Å². The number of hydrogen-bond donors (Lipinski definition) is 1. The second-order valence-electron chi connectivity index (χ2n) is 4.59. The molecule has 0 aromatic rings. The van der Waals surface area contributed by atoms with Crippen LogP contribution in [0.25, 0.3) is 0 Å². The molecular formula is C12H23NO2. The summed E-state index contributed by atoms with van der Waals surface area (Å²) in [5.74, 6) is -0.633. The van der Waals surface area contributed by atoms with Crippen molar-refractivity contribution in [3.05, 3.63) is 0 Å². The Morgan fingerprint density at radius 2 is 1.87 bits per heavy atom. The number of hydrogen-bond acceptors (Lipinski definition) is 2. The quantitative estimate of drug-likeness (QED) is 0.705. The van der Waals surface area contributed by atoms with Crippen molar-refractivity contribution < 1.29 is 9.90 Å². The van der Waals surface area contributed by atoms with Gasteiger partial charge in [-0.3, -0.25) is 9.69 Å². The second kappa shape index (κ2) is 4.97. The van der Waals surface area contributed by atoms with Gasteiger partial charge in [0.15, 0.2) is 0 Å². The molecule has 0 atom stereocenters. The predicted molar refractivity (Wildman–Crippen MR) is 60.9 cm³/mol. The van der Waals surface area contributed by atoms with Crippen LogP contribution in [0.1, 0.15) is 46.5 Å². The van der Waals surface area contributed by atoms with E-state index >= 15 is 0 Å². The molecule has 1 aliphatic carbocycles. The third-order valence-corrected chi connectivity index (χ3v) is 3.78. The lowest BCUT2D eigenvalue weighted by atomic mass is 9.82. The lowest BCUT2D eigenvalue weighted by molar-refractivity contribution is -0.150. The van der Waals surface area contributed by atoms with Crippen LogP contribution in [0, 0.1) is 5.41 Å². The van der Waals surface area contributed by atoms with E-state index in [0.717, 1.165) is 25.9 Å². The largest absolute Gasteiger partial charge is 0.481 e. The molecule has 0 amide bonds. The summed E-state index contributed by atoms with van der Waals surface area (Å²) < 4.78 is 0. The van der Waals surface area contributed by atoms with Crippen molar-refractivity contribution >= 4 is 5.97 Å². The molecule has 0 aromatic heterocycles. The smallest absolute Gasteiger partial charge is 0.310 e. The monoisotopic (exact) mass is 213 g/mol. The SMILES string of the molecule is CCN(CC(CC)(CC)C(=O)O)C1CC1. The Hall–Kier alpha value is -0.570. The van der Waals surface area contributed by atoms with Gasteiger partial charge in [0.1, 0.15) is 0 Å². The molecule has 0 unspecified atom stereocenters. The third-order valence-electron chi connectivity index (χ3n) is 3.78. The number of rotatable bonds is 7. The van der Waals surface area contributed by atoms with E-state index in [1.165, 1.54) is 12.8 Å². The first-order chi connectivity index (χ1) is 7.09. The van der Waals surface area contributed by atoms with E-state index in [-0.39, 0.29) is 0 Å². The van der Waals surface area contributed by atoms with E-state index in [0.29, 0.717) is 6.04 Å². The first-order valence-corrected chi connectivity index (χ1v) is 6.07. The summed E-state index contributed by atoms with van der Waals surface area (Å²) in [4.78, 5) is 13.7. The highest BCUT2D eigenvalue weighted by atomic mass is 16.4. The molecule has 1 fully saturated rings. The number of carbonyl (C=O) groups is 1. The zero-order valence-corrected chi connectivity index (χ0v) is 10.1. The van der Waals surface area contributed by atoms with E-state index in [4.69, 9.17) is 0 Å². The van der Waals surface area contributed by atoms with Gasteiger partial charge in [0.05, 0.1) is 5.41 Å². The fourth-order valence-electron chi connectivity index (χ4n) is 2.17. The molecule has 0 aromatic carbocycles. The van der Waals surface area contributed by atoms with Gasteiger partial charge in [-0.15, -0.1) is 0 Å². The maximum Gasteiger partial charge on any atom is 0.310 e. The maximum atomic E-state index is 11.4. The number of aliphatic carboxylic acids is 1. The minimum atomic E-state index is -0.633. The van der Waals surface area contributed by atoms with Crippen LogP contribution >= 0.6 is 0 Å². The van der Waals surface area contributed by atoms with Gasteiger partial charge in [0.25, 0.3) is 0 Å². The van der Waals surface area contributed by atoms with Gasteiger partial charge in [0, 0.05) is 12.6 Å². The summed E-state index contributed by atoms with van der Waals surface area (Å²) in [6, 6.07) is 0.659. The summed E-state index contributed by atoms with van der Waals surface area (Å²) >= 11 is 0. The van der Waals surface area contributed by atoms with E-state index in [1.807, 2.05) is 13.8 Å². The van der Waals surface area contributed by atoms with Crippen LogP contribution in [0.4, 0.5) is 0 Å². The van der Waals surface area contributed by atoms with Gasteiger partial charge in [-0.25, -0.2) is 0 Å². The molecule has 1 saturated carbocycles. The summed E-state index contributed by atoms with van der Waals surface area (Å²) in [7, 11) is 0. The Bertz CT molecular complexity index is 220. The molecule has 0 radical (unpaired) electrons. The zero-order chi connectivity index (χ0) is 11.5. The number of carboxylic acid groups (broad SMARTS) is 1. The van der Waals surface area contributed by atoms with Crippen molar-refractivity contribution in [1.82, 2.24) is 4.90 Å². The Morgan fingerprint density at radius 1 is 1.33 bits per heavy atom. The van der Waals surface area contributed by atoms with E-state index in [2.05, 4.69) is 11.8 Å². The standard InChI is InChI=1S/C12H23NO2/c1-4-12(5-2,11(14)15)9-13(6-3)10-7-8-10/h10H,4-9H2,1-3H3,(H,14,15). The van der Waals surface area contributed by atoms with Gasteiger partial charge in [-0.05, 0) is 32.2 Å². The lowest BCUT2D eigenvalue weighted by Gasteiger charge is -2.33. The van der Waals surface area contributed by atoms with Gasteiger partial charge >= 0.3 is 5.97 Å². The van der Waals surface area contributed by atoms with Gasteiger partial charge in [-0.2, -0.15) is 0 Å². The van der Waals surface area contributed by atoms with Crippen LogP contribution in [0.2, 0.25) is 0 Å². The number of carboxylic acids is 1. The Balaban J connectivity index is 2.66. The van der Waals surface area contributed by atoms with Crippen LogP contribution in [-0.2, 0) is 4.79 Å². The average Bonchev–Trinajstić information content (AvgIpc) is 3.04. The van der Waals surface area contributed by atoms with Gasteiger partial charge in [0.2, 0.25) is 0 Å². The van der Waals surface area contributed by atoms with E-state index in [1.54, 1.807) is 0 Å². The van der Waals surface area contributed by atoms with Crippen molar-refractivity contribution in [2.45, 2.75) is 52.5 Å². The summed E-state index contributed by atoms with van der Waals surface area (Å²) in [5, 5.41) is 9.34. The fraction of sp³-hybridized carbons (Fsp3) is 0.917. The van der Waals surface area contributed by atoms with Gasteiger partial charge in [-0.1, -0.05) is 20.8 Å². The molecule has 3 heteroatoms. The molecule has 0 aliphatic heterocycles. The molecule has 0 heterocycles. The van der Waals surface area contributed by atoms with Crippen LogP contribution in [0.15, 0.2) is 0 Å². The molecule has 88 valence electrons. The molecule has 0 bridgehead atoms. The van der Waals surface area contributed by atoms with E-state index in [9.17, 15) is 9.90 Å². The van der Waals surface area contributed by atoms with Crippen LogP contribution in [0.5, 0.6) is 0 Å². The normalized spacial score (nSPS) is 17.1. The lowest BCUT2D eigenvalue weighted by Crippen LogP contribution is -2.43. The highest BCUT2D eigenvalue weighted by Crippen LogP contribution is 2.33. The Labute approximate surface area is 92.5 Å². The Kier molecular flexibility index (Phi) is 4.14. The van der Waals surface area contributed by atoms with Crippen molar-refractivity contribution in [3.8, 4) is 0 Å². The Morgan fingerprint density at radius 3 is 2.13 bits per heavy atom. The average molecular weight is 213 g/mol. The molecule has 0 spiro atoms. The topological polar surface area (TPSA) is 40.5 Å². The van der Waals surface area contributed by atoms with Gasteiger partial charge < -0.3 is 5.11 Å². The first kappa shape index (κ1) is 12.5. The van der Waals surface area contributed by atoms with Crippen LogP contribution in [-0.4, -0.2) is 35.1 Å². The van der Waals surface area contributed by atoms with Crippen LogP contribution < -0.4 is 0 Å². The second-order valence-corrected chi connectivity index (χ2v) is 4.59. The summed E-state index contributed by atoms with van der Waals surface area (Å²) in [6.07, 6.45) is 3.94. The highest BCUT2D eigenvalue weighted by Gasteiger charge is 2.39. The number of nitrogens with zero attached hydrogens (tertiary/aromatic N) is 1. The molecule has 1 N–H and O–H groups in total. The molecule has 3 nitrogen and oxygen atoms in total. The van der Waals surface area contributed by atoms with E-state index < -0.39 is 11.4 Å². The van der Waals surface area contributed by atoms with Crippen LogP contribution in [0.3, 0.4) is 0 Å². The predicted octanol–water partition coefficient (Wildman–Crippen LogP) is 2.36. The maximum absolute atomic E-state index is 11.4. The van der Waals surface area contributed by atoms with Crippen molar-refractivity contribution in [3.63, 3.8) is 0 Å². The fourth-order valence-corrected chi connectivity index (χ4v) is 2.17. The first-order valence-electron chi connectivity index (χ1n) is 6.07. The molecule has 1 rings (SSSR count). The zero-order valence-electron chi connectivity index (χ0n) is 10.1. The molecule has 1 aliphatic rings. The highest BCUT2D eigenvalue weighted by molar-refractivity contribution is 5.74. The van der Waals surface area contributed by atoms with Crippen molar-refractivity contribution in [2.75, 3.05) is 13.1 Å². The van der Waals surface area contributed by atoms with Crippen molar-refractivity contribution in [1.29, 1.82) is 0 Å². The molecule has 15 heavy (non-hydrogen) atoms. The molecular weight excluding hydrogens is 190 g/mol. The molecule has 0 saturated heterocycles. The minimum Gasteiger partial charge on any atom is -0.481 e. The third kappa shape index (κ3) is 2.71.